The maximum Gasteiger partial charge on any atom is 0.196 e. The molecule has 7 rings (SSSR count). The molecule has 0 unspecified atom stereocenters. The van der Waals surface area contributed by atoms with Crippen molar-refractivity contribution in [2.45, 2.75) is 59.9 Å². The van der Waals surface area contributed by atoms with E-state index in [-0.39, 0.29) is 11.6 Å². The normalized spacial score (nSPS) is 12.1. The molecule has 47 heavy (non-hydrogen) atoms. The van der Waals surface area contributed by atoms with E-state index in [0.717, 1.165) is 39.2 Å². The lowest BCUT2D eigenvalue weighted by Crippen LogP contribution is -2.24. The third-order valence-corrected chi connectivity index (χ3v) is 12.2. The zero-order valence-electron chi connectivity index (χ0n) is 26.1. The summed E-state index contributed by atoms with van der Waals surface area (Å²) in [4.78, 5) is 37.3. The molecule has 0 aromatic heterocycles. The number of hydrogen-bond acceptors (Lipinski definition) is 6. The molecule has 1 aliphatic rings. The average molecular weight is 683 g/mol. The summed E-state index contributed by atoms with van der Waals surface area (Å²) in [6.07, 6.45) is 0. The Kier molecular flexibility index (Phi) is 9.20. The summed E-state index contributed by atoms with van der Waals surface area (Å²) in [5, 5.41) is 0. The van der Waals surface area contributed by atoms with Gasteiger partial charge in [0.05, 0.1) is 0 Å². The van der Waals surface area contributed by atoms with Crippen molar-refractivity contribution in [2.24, 2.45) is 0 Å². The molecule has 0 amide bonds. The highest BCUT2D eigenvalue weighted by molar-refractivity contribution is 8.00. The van der Waals surface area contributed by atoms with Crippen molar-refractivity contribution in [1.29, 1.82) is 0 Å². The Bertz CT molecular complexity index is 2120. The van der Waals surface area contributed by atoms with E-state index in [4.69, 9.17) is 0 Å². The van der Waals surface area contributed by atoms with Crippen LogP contribution in [0.4, 0.5) is 0 Å². The number of aryl methyl sites for hydroxylation is 3. The molecular weight excluding hydrogens is 653 g/mol. The first-order valence-corrected chi connectivity index (χ1v) is 18.5. The second-order valence-electron chi connectivity index (χ2n) is 11.4. The Morgan fingerprint density at radius 1 is 0.319 bits per heavy atom. The van der Waals surface area contributed by atoms with Crippen LogP contribution >= 0.6 is 47.0 Å². The van der Waals surface area contributed by atoms with Gasteiger partial charge in [0.1, 0.15) is 0 Å². The predicted molar refractivity (Wildman–Crippen MR) is 196 cm³/mol. The standard InChI is InChI=1S/C41H30O2S4/c1-25-9-15-29(16-10-25)45-33-22-21-32(44-28-7-5-4-6-8-28)36-37(33)41(43)39-35(47-31-19-13-27(3)14-20-31)24-23-34(38(39)40(36)42)46-30-17-11-26(2)12-18-30/h4-24H,1-3H3. The Morgan fingerprint density at radius 3 is 0.851 bits per heavy atom. The lowest BCUT2D eigenvalue weighted by atomic mass is 9.84. The molecule has 0 saturated heterocycles. The van der Waals surface area contributed by atoms with Crippen LogP contribution in [-0.2, 0) is 0 Å². The van der Waals surface area contributed by atoms with Gasteiger partial charge in [0.2, 0.25) is 0 Å². The maximum absolute atomic E-state index is 15.0. The van der Waals surface area contributed by atoms with Gasteiger partial charge in [0.25, 0.3) is 0 Å². The van der Waals surface area contributed by atoms with E-state index in [0.29, 0.717) is 22.3 Å². The lowest BCUT2D eigenvalue weighted by molar-refractivity contribution is 0.0970. The van der Waals surface area contributed by atoms with Crippen LogP contribution in [0.5, 0.6) is 0 Å². The number of fused-ring (bicyclic) bond motifs is 2. The van der Waals surface area contributed by atoms with Gasteiger partial charge >= 0.3 is 0 Å². The van der Waals surface area contributed by atoms with Crippen LogP contribution < -0.4 is 0 Å². The number of ketones is 2. The number of rotatable bonds is 8. The molecule has 0 heterocycles. The molecule has 0 N–H and O–H groups in total. The minimum absolute atomic E-state index is 0.110. The average Bonchev–Trinajstić information content (AvgIpc) is 3.08. The fourth-order valence-electron chi connectivity index (χ4n) is 5.44. The minimum Gasteiger partial charge on any atom is -0.288 e. The van der Waals surface area contributed by atoms with Crippen molar-refractivity contribution in [3.05, 3.63) is 166 Å². The van der Waals surface area contributed by atoms with Crippen molar-refractivity contribution < 1.29 is 9.59 Å². The first-order chi connectivity index (χ1) is 22.8. The van der Waals surface area contributed by atoms with Crippen LogP contribution in [0, 0.1) is 20.8 Å². The molecule has 6 heteroatoms. The van der Waals surface area contributed by atoms with Crippen molar-refractivity contribution >= 4 is 58.6 Å². The van der Waals surface area contributed by atoms with Crippen LogP contribution in [0.25, 0.3) is 0 Å². The highest BCUT2D eigenvalue weighted by atomic mass is 32.2. The molecule has 6 aromatic rings. The second-order valence-corrected chi connectivity index (χ2v) is 15.9. The smallest absolute Gasteiger partial charge is 0.196 e. The predicted octanol–water partition coefficient (Wildman–Crippen LogP) is 12.0. The molecule has 0 saturated carbocycles. The van der Waals surface area contributed by atoms with Gasteiger partial charge in [-0.05, 0) is 93.6 Å². The fraction of sp³-hybridized carbons (Fsp3) is 0.0732. The monoisotopic (exact) mass is 682 g/mol. The van der Waals surface area contributed by atoms with Crippen molar-refractivity contribution in [3.63, 3.8) is 0 Å². The van der Waals surface area contributed by atoms with Crippen LogP contribution in [0.15, 0.2) is 167 Å². The molecule has 6 aromatic carbocycles. The zero-order valence-corrected chi connectivity index (χ0v) is 29.3. The Morgan fingerprint density at radius 2 is 0.574 bits per heavy atom. The number of carbonyl (C=O) groups is 2. The minimum atomic E-state index is -0.111. The molecule has 0 spiro atoms. The first kappa shape index (κ1) is 31.6. The third-order valence-electron chi connectivity index (χ3n) is 7.88. The Labute approximate surface area is 292 Å². The highest BCUT2D eigenvalue weighted by Gasteiger charge is 2.38. The summed E-state index contributed by atoms with van der Waals surface area (Å²) in [6.45, 7) is 6.18. The molecular formula is C41H30O2S4. The number of benzene rings is 6. The van der Waals surface area contributed by atoms with Gasteiger partial charge < -0.3 is 0 Å². The van der Waals surface area contributed by atoms with Gasteiger partial charge in [-0.2, -0.15) is 0 Å². The van der Waals surface area contributed by atoms with Crippen molar-refractivity contribution in [3.8, 4) is 0 Å². The van der Waals surface area contributed by atoms with E-state index in [2.05, 4.69) is 93.6 Å². The number of hydrogen-bond donors (Lipinski definition) is 0. The topological polar surface area (TPSA) is 34.1 Å². The lowest BCUT2D eigenvalue weighted by Gasteiger charge is -2.26. The second kappa shape index (κ2) is 13.7. The van der Waals surface area contributed by atoms with Crippen molar-refractivity contribution in [1.82, 2.24) is 0 Å². The van der Waals surface area contributed by atoms with Crippen LogP contribution in [0.2, 0.25) is 0 Å². The third kappa shape index (κ3) is 6.74. The molecule has 230 valence electrons. The summed E-state index contributed by atoms with van der Waals surface area (Å²) in [6, 6.07) is 42.9. The molecule has 0 fully saturated rings. The number of carbonyl (C=O) groups excluding carboxylic acids is 2. The summed E-state index contributed by atoms with van der Waals surface area (Å²) in [5.74, 6) is -0.221. The van der Waals surface area contributed by atoms with Gasteiger partial charge in [-0.1, -0.05) is 118 Å². The molecule has 1 aliphatic carbocycles. The van der Waals surface area contributed by atoms with Crippen LogP contribution in [0.3, 0.4) is 0 Å². The van der Waals surface area contributed by atoms with Crippen molar-refractivity contribution in [2.75, 3.05) is 0 Å². The quantitative estimate of drug-likeness (QED) is 0.159. The molecule has 0 atom stereocenters. The van der Waals surface area contributed by atoms with Gasteiger partial charge in [0.15, 0.2) is 11.6 Å². The summed E-state index contributed by atoms with van der Waals surface area (Å²) in [7, 11) is 0. The van der Waals surface area contributed by atoms with E-state index in [1.807, 2.05) is 54.6 Å². The molecule has 2 nitrogen and oxygen atoms in total. The molecule has 0 bridgehead atoms. The largest absolute Gasteiger partial charge is 0.288 e. The molecule has 0 radical (unpaired) electrons. The van der Waals surface area contributed by atoms with Crippen LogP contribution in [-0.4, -0.2) is 11.6 Å². The Balaban J connectivity index is 1.42. The van der Waals surface area contributed by atoms with Gasteiger partial charge in [-0.3, -0.25) is 9.59 Å². The van der Waals surface area contributed by atoms with E-state index < -0.39 is 0 Å². The zero-order chi connectivity index (χ0) is 32.5. The summed E-state index contributed by atoms with van der Waals surface area (Å²) < 4.78 is 0. The van der Waals surface area contributed by atoms with Gasteiger partial charge in [-0.15, -0.1) is 0 Å². The Hall–Kier alpha value is -3.94. The summed E-state index contributed by atoms with van der Waals surface area (Å²) >= 11 is 6.12. The van der Waals surface area contributed by atoms with Gasteiger partial charge in [-0.25, -0.2) is 0 Å². The van der Waals surface area contributed by atoms with E-state index in [1.165, 1.54) is 63.7 Å². The first-order valence-electron chi connectivity index (χ1n) is 15.2. The summed E-state index contributed by atoms with van der Waals surface area (Å²) in [5.41, 5.74) is 5.44. The van der Waals surface area contributed by atoms with E-state index in [9.17, 15) is 0 Å². The maximum atomic E-state index is 15.0. The fourth-order valence-corrected chi connectivity index (χ4v) is 9.29. The SMILES string of the molecule is Cc1ccc(Sc2ccc(Sc3ccccc3)c3c2C(=O)c2c(Sc4ccc(C)cc4)ccc(Sc4ccc(C)cc4)c2C3=O)cc1. The molecule has 0 aliphatic heterocycles. The highest BCUT2D eigenvalue weighted by Crippen LogP contribution is 2.48. The van der Waals surface area contributed by atoms with E-state index >= 15 is 9.59 Å². The van der Waals surface area contributed by atoms with Crippen LogP contribution in [0.1, 0.15) is 48.5 Å². The van der Waals surface area contributed by atoms with Gasteiger partial charge in [0, 0.05) is 61.4 Å². The van der Waals surface area contributed by atoms with E-state index in [1.54, 1.807) is 0 Å².